The fourth-order valence-electron chi connectivity index (χ4n) is 1.36. The number of hydrogen-bond donors (Lipinski definition) is 1. The predicted octanol–water partition coefficient (Wildman–Crippen LogP) is 0.678. The van der Waals surface area contributed by atoms with Gasteiger partial charge < -0.3 is 5.11 Å². The molecule has 2 aromatic heterocycles. The van der Waals surface area contributed by atoms with E-state index in [2.05, 4.69) is 15.1 Å². The standard InChI is InChI=1S/C10H12N4O/c1-7-5-8(6-15)12-10(11-7)9-3-4-14(2)13-9/h3-5,15H,6H2,1-2H3. The van der Waals surface area contributed by atoms with Crippen molar-refractivity contribution in [3.63, 3.8) is 0 Å². The van der Waals surface area contributed by atoms with Crippen LogP contribution >= 0.6 is 0 Å². The second kappa shape index (κ2) is 3.78. The van der Waals surface area contributed by atoms with E-state index < -0.39 is 0 Å². The van der Waals surface area contributed by atoms with E-state index in [1.807, 2.05) is 26.2 Å². The van der Waals surface area contributed by atoms with Gasteiger partial charge in [-0.15, -0.1) is 0 Å². The monoisotopic (exact) mass is 204 g/mol. The summed E-state index contributed by atoms with van der Waals surface area (Å²) in [6, 6.07) is 3.60. The quantitative estimate of drug-likeness (QED) is 0.781. The summed E-state index contributed by atoms with van der Waals surface area (Å²) in [6.45, 7) is 1.79. The molecule has 5 heteroatoms. The van der Waals surface area contributed by atoms with Crippen LogP contribution in [0.25, 0.3) is 11.5 Å². The number of aliphatic hydroxyl groups is 1. The lowest BCUT2D eigenvalue weighted by molar-refractivity contribution is 0.276. The molecular formula is C10H12N4O. The first-order chi connectivity index (χ1) is 7.19. The SMILES string of the molecule is Cc1cc(CO)nc(-c2ccn(C)n2)n1. The molecule has 0 aromatic carbocycles. The lowest BCUT2D eigenvalue weighted by Gasteiger charge is -2.01. The predicted molar refractivity (Wildman–Crippen MR) is 54.9 cm³/mol. The smallest absolute Gasteiger partial charge is 0.180 e. The molecule has 1 N–H and O–H groups in total. The average molecular weight is 204 g/mol. The largest absolute Gasteiger partial charge is 0.390 e. The van der Waals surface area contributed by atoms with Gasteiger partial charge in [0.25, 0.3) is 0 Å². The van der Waals surface area contributed by atoms with Crippen molar-refractivity contribution in [3.8, 4) is 11.5 Å². The molecule has 2 heterocycles. The van der Waals surface area contributed by atoms with E-state index in [1.54, 1.807) is 10.7 Å². The van der Waals surface area contributed by atoms with E-state index in [-0.39, 0.29) is 6.61 Å². The van der Waals surface area contributed by atoms with Crippen LogP contribution in [0.15, 0.2) is 18.3 Å². The minimum atomic E-state index is -0.0802. The van der Waals surface area contributed by atoms with Crippen molar-refractivity contribution in [1.29, 1.82) is 0 Å². The molecule has 0 aliphatic heterocycles. The van der Waals surface area contributed by atoms with Crippen molar-refractivity contribution >= 4 is 0 Å². The molecule has 0 saturated heterocycles. The highest BCUT2D eigenvalue weighted by Crippen LogP contribution is 2.12. The van der Waals surface area contributed by atoms with Crippen LogP contribution in [0.3, 0.4) is 0 Å². The Balaban J connectivity index is 2.48. The van der Waals surface area contributed by atoms with Crippen LogP contribution in [0.1, 0.15) is 11.4 Å². The summed E-state index contributed by atoms with van der Waals surface area (Å²) < 4.78 is 1.69. The molecular weight excluding hydrogens is 192 g/mol. The molecule has 0 spiro atoms. The Morgan fingerprint density at radius 3 is 2.80 bits per heavy atom. The van der Waals surface area contributed by atoms with Crippen molar-refractivity contribution < 1.29 is 5.11 Å². The Morgan fingerprint density at radius 2 is 2.20 bits per heavy atom. The molecule has 5 nitrogen and oxygen atoms in total. The van der Waals surface area contributed by atoms with E-state index in [4.69, 9.17) is 5.11 Å². The molecule has 0 atom stereocenters. The summed E-state index contributed by atoms with van der Waals surface area (Å²) in [4.78, 5) is 8.47. The molecule has 0 bridgehead atoms. The first-order valence-electron chi connectivity index (χ1n) is 4.64. The van der Waals surface area contributed by atoms with Crippen molar-refractivity contribution in [2.75, 3.05) is 0 Å². The van der Waals surface area contributed by atoms with Gasteiger partial charge >= 0.3 is 0 Å². The van der Waals surface area contributed by atoms with Gasteiger partial charge in [0, 0.05) is 18.9 Å². The normalized spacial score (nSPS) is 10.6. The van der Waals surface area contributed by atoms with Crippen molar-refractivity contribution in [1.82, 2.24) is 19.7 Å². The summed E-state index contributed by atoms with van der Waals surface area (Å²) in [5.74, 6) is 0.555. The van der Waals surface area contributed by atoms with Crippen molar-refractivity contribution in [2.45, 2.75) is 13.5 Å². The van der Waals surface area contributed by atoms with Crippen molar-refractivity contribution in [3.05, 3.63) is 29.7 Å². The van der Waals surface area contributed by atoms with Gasteiger partial charge in [-0.1, -0.05) is 0 Å². The first-order valence-corrected chi connectivity index (χ1v) is 4.64. The second-order valence-corrected chi connectivity index (χ2v) is 3.36. The molecule has 15 heavy (non-hydrogen) atoms. The molecule has 0 aliphatic carbocycles. The highest BCUT2D eigenvalue weighted by Gasteiger charge is 2.06. The Bertz CT molecular complexity index is 478. The van der Waals surface area contributed by atoms with Gasteiger partial charge in [0.05, 0.1) is 12.3 Å². The van der Waals surface area contributed by atoms with Crippen LogP contribution in [0, 0.1) is 6.92 Å². The summed E-state index contributed by atoms with van der Waals surface area (Å²) in [5, 5.41) is 13.2. The molecule has 2 rings (SSSR count). The molecule has 2 aromatic rings. The van der Waals surface area contributed by atoms with Crippen LogP contribution in [-0.2, 0) is 13.7 Å². The third kappa shape index (κ3) is 2.02. The van der Waals surface area contributed by atoms with E-state index >= 15 is 0 Å². The van der Waals surface area contributed by atoms with Gasteiger partial charge in [-0.3, -0.25) is 4.68 Å². The summed E-state index contributed by atoms with van der Waals surface area (Å²) in [7, 11) is 1.84. The lowest BCUT2D eigenvalue weighted by atomic mass is 10.3. The van der Waals surface area contributed by atoms with Gasteiger partial charge in [0.15, 0.2) is 5.82 Å². The lowest BCUT2D eigenvalue weighted by Crippen LogP contribution is -1.98. The summed E-state index contributed by atoms with van der Waals surface area (Å²) >= 11 is 0. The van der Waals surface area contributed by atoms with Crippen LogP contribution < -0.4 is 0 Å². The van der Waals surface area contributed by atoms with Crippen LogP contribution in [-0.4, -0.2) is 24.9 Å². The third-order valence-corrected chi connectivity index (χ3v) is 2.01. The molecule has 0 radical (unpaired) electrons. The van der Waals surface area contributed by atoms with E-state index in [1.165, 1.54) is 0 Å². The second-order valence-electron chi connectivity index (χ2n) is 3.36. The minimum absolute atomic E-state index is 0.0802. The fraction of sp³-hybridized carbons (Fsp3) is 0.300. The Kier molecular flexibility index (Phi) is 2.47. The Hall–Kier alpha value is -1.75. The van der Waals surface area contributed by atoms with Gasteiger partial charge in [0.1, 0.15) is 5.69 Å². The zero-order chi connectivity index (χ0) is 10.8. The van der Waals surface area contributed by atoms with Crippen LogP contribution in [0.4, 0.5) is 0 Å². The maximum atomic E-state index is 9.02. The van der Waals surface area contributed by atoms with Crippen LogP contribution in [0.5, 0.6) is 0 Å². The zero-order valence-electron chi connectivity index (χ0n) is 8.68. The number of rotatable bonds is 2. The molecule has 0 amide bonds. The van der Waals surface area contributed by atoms with E-state index in [0.29, 0.717) is 11.5 Å². The van der Waals surface area contributed by atoms with Gasteiger partial charge in [0.2, 0.25) is 0 Å². The highest BCUT2D eigenvalue weighted by molar-refractivity contribution is 5.48. The minimum Gasteiger partial charge on any atom is -0.390 e. The molecule has 78 valence electrons. The third-order valence-electron chi connectivity index (χ3n) is 2.01. The topological polar surface area (TPSA) is 63.8 Å². The first kappa shape index (κ1) is 9.79. The Morgan fingerprint density at radius 1 is 1.40 bits per heavy atom. The molecule has 0 unspecified atom stereocenters. The highest BCUT2D eigenvalue weighted by atomic mass is 16.3. The Labute approximate surface area is 87.4 Å². The van der Waals surface area contributed by atoms with Crippen LogP contribution in [0.2, 0.25) is 0 Å². The number of aryl methyl sites for hydroxylation is 2. The summed E-state index contributed by atoms with van der Waals surface area (Å²) in [6.07, 6.45) is 1.83. The molecule has 0 fully saturated rings. The van der Waals surface area contributed by atoms with Gasteiger partial charge in [-0.25, -0.2) is 9.97 Å². The number of nitrogens with zero attached hydrogens (tertiary/aromatic N) is 4. The van der Waals surface area contributed by atoms with Gasteiger partial charge in [-0.05, 0) is 19.1 Å². The van der Waals surface area contributed by atoms with E-state index in [0.717, 1.165) is 11.4 Å². The number of aromatic nitrogens is 4. The number of hydrogen-bond acceptors (Lipinski definition) is 4. The fourth-order valence-corrected chi connectivity index (χ4v) is 1.36. The van der Waals surface area contributed by atoms with E-state index in [9.17, 15) is 0 Å². The molecule has 0 saturated carbocycles. The summed E-state index contributed by atoms with van der Waals surface area (Å²) in [5.41, 5.74) is 2.16. The van der Waals surface area contributed by atoms with Gasteiger partial charge in [-0.2, -0.15) is 5.10 Å². The maximum Gasteiger partial charge on any atom is 0.180 e. The maximum absolute atomic E-state index is 9.02. The average Bonchev–Trinajstić information content (AvgIpc) is 2.64. The van der Waals surface area contributed by atoms with Crippen molar-refractivity contribution in [2.24, 2.45) is 7.05 Å². The number of aliphatic hydroxyl groups excluding tert-OH is 1. The molecule has 0 aliphatic rings. The zero-order valence-corrected chi connectivity index (χ0v) is 8.68.